The van der Waals surface area contributed by atoms with E-state index >= 15 is 0 Å². The fraction of sp³-hybridized carbons (Fsp3) is 0.308. The Balaban J connectivity index is 3.10. The Bertz CT molecular complexity index is 435. The average molecular weight is 234 g/mol. The molecule has 0 saturated carbocycles. The smallest absolute Gasteiger partial charge is 0.166 e. The van der Waals surface area contributed by atoms with E-state index in [1.807, 2.05) is 0 Å². The van der Waals surface area contributed by atoms with Crippen molar-refractivity contribution in [3.8, 4) is 5.75 Å². The summed E-state index contributed by atoms with van der Waals surface area (Å²) in [7, 11) is 0. The third-order valence-corrected chi connectivity index (χ3v) is 2.26. The molecule has 1 aromatic carbocycles. The van der Waals surface area contributed by atoms with Crippen molar-refractivity contribution in [2.45, 2.75) is 13.8 Å². The predicted molar refractivity (Wildman–Crippen MR) is 62.6 cm³/mol. The monoisotopic (exact) mass is 234 g/mol. The molecular formula is C13H14O4. The van der Waals surface area contributed by atoms with Gasteiger partial charge in [-0.15, -0.1) is 0 Å². The van der Waals surface area contributed by atoms with Gasteiger partial charge in [-0.25, -0.2) is 0 Å². The summed E-state index contributed by atoms with van der Waals surface area (Å²) in [4.78, 5) is 32.9. The molecule has 0 aliphatic heterocycles. The number of carbonyl (C=O) groups excluding carboxylic acids is 3. The van der Waals surface area contributed by atoms with E-state index in [1.165, 1.54) is 12.1 Å². The van der Waals surface area contributed by atoms with Crippen molar-refractivity contribution in [2.24, 2.45) is 5.92 Å². The highest BCUT2D eigenvalue weighted by Gasteiger charge is 2.15. The lowest BCUT2D eigenvalue weighted by Gasteiger charge is -2.09. The minimum Gasteiger partial charge on any atom is -0.486 e. The lowest BCUT2D eigenvalue weighted by atomic mass is 9.97. The van der Waals surface area contributed by atoms with Crippen LogP contribution < -0.4 is 4.74 Å². The number of benzene rings is 1. The van der Waals surface area contributed by atoms with Gasteiger partial charge in [0.05, 0.1) is 0 Å². The summed E-state index contributed by atoms with van der Waals surface area (Å²) in [6.45, 7) is 3.45. The number of ether oxygens (including phenoxy) is 1. The highest BCUT2D eigenvalue weighted by Crippen LogP contribution is 2.19. The summed E-state index contributed by atoms with van der Waals surface area (Å²) in [6, 6.07) is 4.57. The first-order valence-electron chi connectivity index (χ1n) is 5.30. The van der Waals surface area contributed by atoms with E-state index in [1.54, 1.807) is 19.9 Å². The Morgan fingerprint density at radius 1 is 1.35 bits per heavy atom. The minimum atomic E-state index is -0.199. The van der Waals surface area contributed by atoms with Crippen molar-refractivity contribution in [2.75, 3.05) is 6.61 Å². The Hall–Kier alpha value is -1.97. The number of hydrogen-bond acceptors (Lipinski definition) is 4. The summed E-state index contributed by atoms with van der Waals surface area (Å²) in [5.74, 6) is 0.0883. The zero-order valence-corrected chi connectivity index (χ0v) is 9.80. The van der Waals surface area contributed by atoms with Gasteiger partial charge in [-0.3, -0.25) is 14.4 Å². The van der Waals surface area contributed by atoms with Crippen molar-refractivity contribution in [3.05, 3.63) is 29.3 Å². The molecule has 1 aromatic rings. The number of aldehydes is 2. The van der Waals surface area contributed by atoms with Crippen LogP contribution in [0.4, 0.5) is 0 Å². The van der Waals surface area contributed by atoms with Gasteiger partial charge in [0.1, 0.15) is 12.4 Å². The van der Waals surface area contributed by atoms with Crippen LogP contribution in [0.5, 0.6) is 5.75 Å². The predicted octanol–water partition coefficient (Wildman–Crippen LogP) is 1.92. The van der Waals surface area contributed by atoms with Crippen molar-refractivity contribution in [1.29, 1.82) is 0 Å². The Morgan fingerprint density at radius 2 is 2.06 bits per heavy atom. The van der Waals surface area contributed by atoms with Crippen LogP contribution in [0.3, 0.4) is 0 Å². The van der Waals surface area contributed by atoms with Crippen LogP contribution in [0.2, 0.25) is 0 Å². The molecule has 0 aliphatic carbocycles. The normalized spacial score (nSPS) is 10.1. The molecule has 0 N–H and O–H groups in total. The van der Waals surface area contributed by atoms with Gasteiger partial charge in [-0.05, 0) is 18.2 Å². The maximum Gasteiger partial charge on any atom is 0.166 e. The molecule has 0 aliphatic rings. The highest BCUT2D eigenvalue weighted by atomic mass is 16.5. The van der Waals surface area contributed by atoms with E-state index in [4.69, 9.17) is 4.74 Å². The molecule has 0 amide bonds. The van der Waals surface area contributed by atoms with Crippen LogP contribution in [-0.4, -0.2) is 25.0 Å². The van der Waals surface area contributed by atoms with Gasteiger partial charge in [0, 0.05) is 17.0 Å². The first-order chi connectivity index (χ1) is 8.10. The van der Waals surface area contributed by atoms with Crippen molar-refractivity contribution in [3.63, 3.8) is 0 Å². The molecule has 90 valence electrons. The number of carbonyl (C=O) groups is 3. The molecule has 4 nitrogen and oxygen atoms in total. The van der Waals surface area contributed by atoms with Crippen LogP contribution in [0.25, 0.3) is 0 Å². The van der Waals surface area contributed by atoms with Gasteiger partial charge in [0.25, 0.3) is 0 Å². The lowest BCUT2D eigenvalue weighted by Crippen LogP contribution is -2.11. The fourth-order valence-corrected chi connectivity index (χ4v) is 1.38. The maximum atomic E-state index is 11.9. The Labute approximate surface area is 99.6 Å². The molecule has 0 aromatic heterocycles. The van der Waals surface area contributed by atoms with E-state index in [-0.39, 0.29) is 18.3 Å². The first kappa shape index (κ1) is 13.1. The van der Waals surface area contributed by atoms with Gasteiger partial charge in [-0.1, -0.05) is 13.8 Å². The first-order valence-corrected chi connectivity index (χ1v) is 5.30. The van der Waals surface area contributed by atoms with Crippen LogP contribution in [0.15, 0.2) is 18.2 Å². The van der Waals surface area contributed by atoms with Crippen LogP contribution in [0.1, 0.15) is 34.6 Å². The third kappa shape index (κ3) is 3.24. The number of ketones is 1. The molecule has 0 heterocycles. The van der Waals surface area contributed by atoms with Crippen molar-refractivity contribution in [1.82, 2.24) is 0 Å². The second-order valence-electron chi connectivity index (χ2n) is 3.86. The van der Waals surface area contributed by atoms with E-state index in [9.17, 15) is 14.4 Å². The molecule has 4 heteroatoms. The summed E-state index contributed by atoms with van der Waals surface area (Å²) < 4.78 is 5.09. The number of hydrogen-bond donors (Lipinski definition) is 0. The summed E-state index contributed by atoms with van der Waals surface area (Å²) >= 11 is 0. The number of rotatable bonds is 6. The highest BCUT2D eigenvalue weighted by molar-refractivity contribution is 6.04. The van der Waals surface area contributed by atoms with E-state index in [0.717, 1.165) is 0 Å². The number of Topliss-reactive ketones (excluding diaryl/α,β-unsaturated/α-hetero) is 1. The van der Waals surface area contributed by atoms with E-state index in [0.29, 0.717) is 29.4 Å². The molecular weight excluding hydrogens is 220 g/mol. The van der Waals surface area contributed by atoms with Crippen molar-refractivity contribution < 1.29 is 19.1 Å². The molecule has 0 bridgehead atoms. The lowest BCUT2D eigenvalue weighted by molar-refractivity contribution is -0.109. The van der Waals surface area contributed by atoms with E-state index < -0.39 is 0 Å². The Kier molecular flexibility index (Phi) is 4.57. The molecule has 0 fully saturated rings. The molecule has 0 spiro atoms. The molecule has 17 heavy (non-hydrogen) atoms. The molecule has 0 unspecified atom stereocenters. The van der Waals surface area contributed by atoms with Gasteiger partial charge < -0.3 is 4.74 Å². The third-order valence-electron chi connectivity index (χ3n) is 2.26. The largest absolute Gasteiger partial charge is 0.486 e. The van der Waals surface area contributed by atoms with Gasteiger partial charge in [-0.2, -0.15) is 0 Å². The zero-order valence-electron chi connectivity index (χ0n) is 9.80. The molecule has 0 saturated heterocycles. The molecule has 0 atom stereocenters. The van der Waals surface area contributed by atoms with E-state index in [2.05, 4.69) is 0 Å². The Morgan fingerprint density at radius 3 is 2.59 bits per heavy atom. The summed E-state index contributed by atoms with van der Waals surface area (Å²) in [5.41, 5.74) is 0.667. The second kappa shape index (κ2) is 5.94. The van der Waals surface area contributed by atoms with Gasteiger partial charge in [0.15, 0.2) is 18.4 Å². The standard InChI is InChI=1S/C13H14O4/c1-9(2)13(16)12-7-11(17-6-5-14)4-3-10(12)8-15/h3-5,7-9H,6H2,1-2H3. The average Bonchev–Trinajstić information content (AvgIpc) is 2.34. The quantitative estimate of drug-likeness (QED) is 0.557. The topological polar surface area (TPSA) is 60.4 Å². The molecule has 0 radical (unpaired) electrons. The fourth-order valence-electron chi connectivity index (χ4n) is 1.38. The van der Waals surface area contributed by atoms with Crippen LogP contribution in [-0.2, 0) is 4.79 Å². The van der Waals surface area contributed by atoms with Gasteiger partial charge in [0.2, 0.25) is 0 Å². The second-order valence-corrected chi connectivity index (χ2v) is 3.86. The zero-order chi connectivity index (χ0) is 12.8. The summed E-state index contributed by atoms with van der Waals surface area (Å²) in [6.07, 6.45) is 1.26. The summed E-state index contributed by atoms with van der Waals surface area (Å²) in [5, 5.41) is 0. The van der Waals surface area contributed by atoms with Crippen LogP contribution >= 0.6 is 0 Å². The van der Waals surface area contributed by atoms with Crippen molar-refractivity contribution >= 4 is 18.4 Å². The minimum absolute atomic E-state index is 0.0737. The SMILES string of the molecule is CC(C)C(=O)c1cc(OCC=O)ccc1C=O. The molecule has 1 rings (SSSR count). The van der Waals surface area contributed by atoms with Crippen LogP contribution in [0, 0.1) is 5.92 Å². The van der Waals surface area contributed by atoms with Gasteiger partial charge >= 0.3 is 0 Å². The maximum absolute atomic E-state index is 11.9.